The SMILES string of the molecule is CNCCC(=O)N1CCC[C@H]1CO. The second-order valence-electron chi connectivity index (χ2n) is 3.42. The molecule has 1 rings (SSSR count). The van der Waals surface area contributed by atoms with E-state index in [9.17, 15) is 4.79 Å². The predicted molar refractivity (Wildman–Crippen MR) is 50.4 cm³/mol. The zero-order valence-electron chi connectivity index (χ0n) is 8.12. The molecule has 13 heavy (non-hydrogen) atoms. The Labute approximate surface area is 78.9 Å². The Kier molecular flexibility index (Phi) is 4.18. The van der Waals surface area contributed by atoms with Crippen LogP contribution in [0.4, 0.5) is 0 Å². The maximum Gasteiger partial charge on any atom is 0.224 e. The van der Waals surface area contributed by atoms with Crippen molar-refractivity contribution in [1.29, 1.82) is 0 Å². The van der Waals surface area contributed by atoms with Crippen LogP contribution in [0.15, 0.2) is 0 Å². The minimum Gasteiger partial charge on any atom is -0.394 e. The van der Waals surface area contributed by atoms with Gasteiger partial charge in [-0.15, -0.1) is 0 Å². The number of nitrogens with one attached hydrogen (secondary N) is 1. The van der Waals surface area contributed by atoms with Gasteiger partial charge in [-0.1, -0.05) is 0 Å². The smallest absolute Gasteiger partial charge is 0.224 e. The van der Waals surface area contributed by atoms with Gasteiger partial charge >= 0.3 is 0 Å². The highest BCUT2D eigenvalue weighted by Gasteiger charge is 2.27. The normalized spacial score (nSPS) is 22.3. The summed E-state index contributed by atoms with van der Waals surface area (Å²) in [6.45, 7) is 1.63. The van der Waals surface area contributed by atoms with Crippen LogP contribution in [0.2, 0.25) is 0 Å². The van der Waals surface area contributed by atoms with Crippen LogP contribution in [-0.4, -0.2) is 48.7 Å². The molecule has 0 aliphatic carbocycles. The van der Waals surface area contributed by atoms with Crippen LogP contribution in [0.1, 0.15) is 19.3 Å². The minimum absolute atomic E-state index is 0.0735. The summed E-state index contributed by atoms with van der Waals surface area (Å²) < 4.78 is 0. The second-order valence-corrected chi connectivity index (χ2v) is 3.42. The number of hydrogen-bond acceptors (Lipinski definition) is 3. The first kappa shape index (κ1) is 10.5. The molecule has 1 heterocycles. The molecule has 0 aromatic carbocycles. The van der Waals surface area contributed by atoms with Gasteiger partial charge in [-0.25, -0.2) is 0 Å². The van der Waals surface area contributed by atoms with Crippen LogP contribution in [0.3, 0.4) is 0 Å². The van der Waals surface area contributed by atoms with Crippen molar-refractivity contribution in [2.24, 2.45) is 0 Å². The van der Waals surface area contributed by atoms with Crippen molar-refractivity contribution in [3.63, 3.8) is 0 Å². The number of rotatable bonds is 4. The van der Waals surface area contributed by atoms with E-state index in [1.807, 2.05) is 7.05 Å². The van der Waals surface area contributed by atoms with Crippen LogP contribution in [0.5, 0.6) is 0 Å². The number of amides is 1. The fourth-order valence-corrected chi connectivity index (χ4v) is 1.73. The molecular weight excluding hydrogens is 168 g/mol. The standard InChI is InChI=1S/C9H18N2O2/c1-10-5-4-9(13)11-6-2-3-8(11)7-12/h8,10,12H,2-7H2,1H3/t8-/m0/s1. The van der Waals surface area contributed by atoms with Gasteiger partial charge in [0.1, 0.15) is 0 Å². The fraction of sp³-hybridized carbons (Fsp3) is 0.889. The van der Waals surface area contributed by atoms with Gasteiger partial charge in [-0.3, -0.25) is 4.79 Å². The highest BCUT2D eigenvalue weighted by Crippen LogP contribution is 2.17. The van der Waals surface area contributed by atoms with E-state index >= 15 is 0 Å². The van der Waals surface area contributed by atoms with Crippen LogP contribution >= 0.6 is 0 Å². The van der Waals surface area contributed by atoms with Crippen LogP contribution in [0, 0.1) is 0 Å². The van der Waals surface area contributed by atoms with Crippen LogP contribution in [-0.2, 0) is 4.79 Å². The molecule has 0 spiro atoms. The van der Waals surface area contributed by atoms with Crippen LogP contribution < -0.4 is 5.32 Å². The first-order valence-corrected chi connectivity index (χ1v) is 4.84. The summed E-state index contributed by atoms with van der Waals surface area (Å²) in [4.78, 5) is 13.4. The maximum absolute atomic E-state index is 11.5. The van der Waals surface area contributed by atoms with Gasteiger partial charge < -0.3 is 15.3 Å². The third kappa shape index (κ3) is 2.67. The Morgan fingerprint density at radius 2 is 2.46 bits per heavy atom. The predicted octanol–water partition coefficient (Wildman–Crippen LogP) is -0.421. The van der Waals surface area contributed by atoms with E-state index < -0.39 is 0 Å². The van der Waals surface area contributed by atoms with E-state index in [0.29, 0.717) is 13.0 Å². The van der Waals surface area contributed by atoms with Gasteiger partial charge in [0.25, 0.3) is 0 Å². The number of likely N-dealkylation sites (tertiary alicyclic amines) is 1. The van der Waals surface area contributed by atoms with Crippen LogP contribution in [0.25, 0.3) is 0 Å². The molecule has 76 valence electrons. The lowest BCUT2D eigenvalue weighted by Crippen LogP contribution is -2.38. The van der Waals surface area contributed by atoms with E-state index in [2.05, 4.69) is 5.32 Å². The molecule has 0 aromatic rings. The lowest BCUT2D eigenvalue weighted by atomic mass is 10.2. The van der Waals surface area contributed by atoms with Crippen molar-refractivity contribution in [3.05, 3.63) is 0 Å². The summed E-state index contributed by atoms with van der Waals surface area (Å²) in [7, 11) is 1.83. The highest BCUT2D eigenvalue weighted by atomic mass is 16.3. The second kappa shape index (κ2) is 5.19. The molecule has 4 heteroatoms. The summed E-state index contributed by atoms with van der Waals surface area (Å²) in [5.41, 5.74) is 0. The van der Waals surface area contributed by atoms with Gasteiger partial charge in [0, 0.05) is 19.5 Å². The molecule has 1 saturated heterocycles. The maximum atomic E-state index is 11.5. The molecule has 1 amide bonds. The highest BCUT2D eigenvalue weighted by molar-refractivity contribution is 5.77. The summed E-state index contributed by atoms with van der Waals surface area (Å²) in [6, 6.07) is 0.0735. The molecular formula is C9H18N2O2. The number of hydrogen-bond donors (Lipinski definition) is 2. The molecule has 1 aliphatic rings. The van der Waals surface area contributed by atoms with Crippen molar-refractivity contribution >= 4 is 5.91 Å². The Morgan fingerprint density at radius 1 is 1.69 bits per heavy atom. The fourth-order valence-electron chi connectivity index (χ4n) is 1.73. The molecule has 0 aromatic heterocycles. The molecule has 1 atom stereocenters. The topological polar surface area (TPSA) is 52.6 Å². The number of carbonyl (C=O) groups is 1. The van der Waals surface area contributed by atoms with Crippen molar-refractivity contribution in [2.45, 2.75) is 25.3 Å². The zero-order chi connectivity index (χ0) is 9.68. The minimum atomic E-state index is 0.0735. The van der Waals surface area contributed by atoms with E-state index in [0.717, 1.165) is 19.4 Å². The Hall–Kier alpha value is -0.610. The molecule has 2 N–H and O–H groups in total. The van der Waals surface area contributed by atoms with E-state index in [1.165, 1.54) is 0 Å². The number of nitrogens with zero attached hydrogens (tertiary/aromatic N) is 1. The first-order valence-electron chi connectivity index (χ1n) is 4.84. The van der Waals surface area contributed by atoms with Crippen molar-refractivity contribution < 1.29 is 9.90 Å². The number of aliphatic hydroxyl groups excluding tert-OH is 1. The quantitative estimate of drug-likeness (QED) is 0.627. The molecule has 0 bridgehead atoms. The van der Waals surface area contributed by atoms with Gasteiger partial charge in [0.2, 0.25) is 5.91 Å². The average Bonchev–Trinajstić information content (AvgIpc) is 2.61. The third-order valence-electron chi connectivity index (χ3n) is 2.50. The molecule has 1 fully saturated rings. The average molecular weight is 186 g/mol. The number of aliphatic hydroxyl groups is 1. The molecule has 1 aliphatic heterocycles. The largest absolute Gasteiger partial charge is 0.394 e. The molecule has 0 saturated carbocycles. The lowest BCUT2D eigenvalue weighted by Gasteiger charge is -2.22. The summed E-state index contributed by atoms with van der Waals surface area (Å²) >= 11 is 0. The third-order valence-corrected chi connectivity index (χ3v) is 2.50. The summed E-state index contributed by atoms with van der Waals surface area (Å²) in [6.07, 6.45) is 2.51. The van der Waals surface area contributed by atoms with Gasteiger partial charge in [-0.05, 0) is 19.9 Å². The Balaban J connectivity index is 2.36. The van der Waals surface area contributed by atoms with Crippen molar-refractivity contribution in [2.75, 3.05) is 26.7 Å². The Morgan fingerprint density at radius 3 is 3.08 bits per heavy atom. The van der Waals surface area contributed by atoms with Crippen molar-refractivity contribution in [3.8, 4) is 0 Å². The van der Waals surface area contributed by atoms with Gasteiger partial charge in [0.15, 0.2) is 0 Å². The molecule has 0 radical (unpaired) electrons. The number of carbonyl (C=O) groups excluding carboxylic acids is 1. The van der Waals surface area contributed by atoms with E-state index in [4.69, 9.17) is 5.11 Å². The first-order chi connectivity index (χ1) is 6.29. The van der Waals surface area contributed by atoms with E-state index in [-0.39, 0.29) is 18.6 Å². The van der Waals surface area contributed by atoms with Gasteiger partial charge in [0.05, 0.1) is 12.6 Å². The lowest BCUT2D eigenvalue weighted by molar-refractivity contribution is -0.132. The summed E-state index contributed by atoms with van der Waals surface area (Å²) in [5, 5.41) is 11.9. The molecule has 0 unspecified atom stereocenters. The van der Waals surface area contributed by atoms with Gasteiger partial charge in [-0.2, -0.15) is 0 Å². The zero-order valence-corrected chi connectivity index (χ0v) is 8.12. The van der Waals surface area contributed by atoms with Crippen molar-refractivity contribution in [1.82, 2.24) is 10.2 Å². The molecule has 4 nitrogen and oxygen atoms in total. The monoisotopic (exact) mass is 186 g/mol. The van der Waals surface area contributed by atoms with E-state index in [1.54, 1.807) is 4.90 Å². The Bertz CT molecular complexity index is 173. The summed E-state index contributed by atoms with van der Waals surface area (Å²) in [5.74, 6) is 0.158.